The van der Waals surface area contributed by atoms with Gasteiger partial charge < -0.3 is 15.3 Å². The van der Waals surface area contributed by atoms with Crippen LogP contribution in [-0.2, 0) is 14.4 Å². The molecular formula is C11H18N2O4. The Morgan fingerprint density at radius 1 is 1.59 bits per heavy atom. The SMILES string of the molecule is CCN(CC(C)C(=O)O)C(=O)[C@H]1CCC(=O)N1. The van der Waals surface area contributed by atoms with Gasteiger partial charge in [0, 0.05) is 19.5 Å². The van der Waals surface area contributed by atoms with Gasteiger partial charge in [-0.15, -0.1) is 0 Å². The highest BCUT2D eigenvalue weighted by atomic mass is 16.4. The molecule has 0 bridgehead atoms. The number of nitrogens with one attached hydrogen (secondary N) is 1. The second-order valence-corrected chi connectivity index (χ2v) is 4.27. The van der Waals surface area contributed by atoms with Crippen LogP contribution in [0.15, 0.2) is 0 Å². The number of carboxylic acid groups (broad SMARTS) is 1. The molecule has 1 heterocycles. The molecule has 2 amide bonds. The summed E-state index contributed by atoms with van der Waals surface area (Å²) in [6, 6.07) is -0.483. The quantitative estimate of drug-likeness (QED) is 0.701. The Balaban J connectivity index is 2.58. The van der Waals surface area contributed by atoms with Crippen LogP contribution in [0.3, 0.4) is 0 Å². The maximum Gasteiger partial charge on any atom is 0.308 e. The summed E-state index contributed by atoms with van der Waals surface area (Å²) in [5, 5.41) is 11.4. The molecule has 17 heavy (non-hydrogen) atoms. The van der Waals surface area contributed by atoms with Crippen LogP contribution in [0.4, 0.5) is 0 Å². The molecule has 0 aliphatic carbocycles. The maximum atomic E-state index is 12.0. The summed E-state index contributed by atoms with van der Waals surface area (Å²) < 4.78 is 0. The van der Waals surface area contributed by atoms with Gasteiger partial charge in [0.25, 0.3) is 0 Å². The van der Waals surface area contributed by atoms with Crippen LogP contribution in [0.2, 0.25) is 0 Å². The molecule has 6 heteroatoms. The summed E-state index contributed by atoms with van der Waals surface area (Å²) in [4.78, 5) is 35.2. The molecule has 1 fully saturated rings. The highest BCUT2D eigenvalue weighted by Crippen LogP contribution is 2.11. The fourth-order valence-corrected chi connectivity index (χ4v) is 1.80. The third kappa shape index (κ3) is 3.44. The molecule has 0 aromatic heterocycles. The van der Waals surface area contributed by atoms with Crippen molar-refractivity contribution in [2.45, 2.75) is 32.7 Å². The molecule has 0 aromatic carbocycles. The van der Waals surface area contributed by atoms with Gasteiger partial charge in [-0.05, 0) is 13.3 Å². The van der Waals surface area contributed by atoms with Crippen molar-refractivity contribution in [3.63, 3.8) is 0 Å². The molecule has 0 saturated carbocycles. The largest absolute Gasteiger partial charge is 0.481 e. The highest BCUT2D eigenvalue weighted by molar-refractivity contribution is 5.91. The van der Waals surface area contributed by atoms with Gasteiger partial charge in [0.1, 0.15) is 6.04 Å². The lowest BCUT2D eigenvalue weighted by molar-refractivity contribution is -0.143. The van der Waals surface area contributed by atoms with Gasteiger partial charge in [0.2, 0.25) is 11.8 Å². The number of rotatable bonds is 5. The Hall–Kier alpha value is -1.59. The number of carbonyl (C=O) groups is 3. The zero-order valence-corrected chi connectivity index (χ0v) is 10.1. The number of carbonyl (C=O) groups excluding carboxylic acids is 2. The third-order valence-corrected chi connectivity index (χ3v) is 2.90. The van der Waals surface area contributed by atoms with Crippen molar-refractivity contribution in [2.75, 3.05) is 13.1 Å². The Morgan fingerprint density at radius 2 is 2.24 bits per heavy atom. The number of aliphatic carboxylic acids is 1. The molecule has 2 N–H and O–H groups in total. The molecule has 1 rings (SSSR count). The molecule has 1 unspecified atom stereocenters. The number of amides is 2. The predicted molar refractivity (Wildman–Crippen MR) is 60.2 cm³/mol. The second-order valence-electron chi connectivity index (χ2n) is 4.27. The number of nitrogens with zero attached hydrogens (tertiary/aromatic N) is 1. The van der Waals surface area contributed by atoms with Crippen molar-refractivity contribution in [3.8, 4) is 0 Å². The van der Waals surface area contributed by atoms with E-state index in [2.05, 4.69) is 5.32 Å². The van der Waals surface area contributed by atoms with Crippen LogP contribution in [0.1, 0.15) is 26.7 Å². The van der Waals surface area contributed by atoms with Gasteiger partial charge in [-0.25, -0.2) is 0 Å². The highest BCUT2D eigenvalue weighted by Gasteiger charge is 2.31. The van der Waals surface area contributed by atoms with E-state index in [-0.39, 0.29) is 18.4 Å². The van der Waals surface area contributed by atoms with Crippen LogP contribution in [-0.4, -0.2) is 46.9 Å². The minimum atomic E-state index is -0.924. The Kier molecular flexibility index (Phi) is 4.48. The molecule has 1 aliphatic rings. The number of carboxylic acids is 1. The summed E-state index contributed by atoms with van der Waals surface area (Å²) in [7, 11) is 0. The first-order valence-electron chi connectivity index (χ1n) is 5.76. The molecular weight excluding hydrogens is 224 g/mol. The standard InChI is InChI=1S/C11H18N2O4/c1-3-13(6-7(2)11(16)17)10(15)8-4-5-9(14)12-8/h7-8H,3-6H2,1-2H3,(H,12,14)(H,16,17)/t7?,8-/m1/s1. The lowest BCUT2D eigenvalue weighted by atomic mass is 10.1. The molecule has 2 atom stereocenters. The van der Waals surface area contributed by atoms with Gasteiger partial charge >= 0.3 is 5.97 Å². The summed E-state index contributed by atoms with van der Waals surface area (Å²) in [5.41, 5.74) is 0. The summed E-state index contributed by atoms with van der Waals surface area (Å²) in [6.07, 6.45) is 0.859. The predicted octanol–water partition coefficient (Wildman–Crippen LogP) is -0.166. The Bertz CT molecular complexity index is 329. The van der Waals surface area contributed by atoms with E-state index in [1.807, 2.05) is 0 Å². The van der Waals surface area contributed by atoms with Crippen molar-refractivity contribution in [3.05, 3.63) is 0 Å². The molecule has 1 aliphatic heterocycles. The van der Waals surface area contributed by atoms with Crippen molar-refractivity contribution in [2.24, 2.45) is 5.92 Å². The molecule has 1 saturated heterocycles. The van der Waals surface area contributed by atoms with Crippen LogP contribution in [0.25, 0.3) is 0 Å². The van der Waals surface area contributed by atoms with Gasteiger partial charge in [0.15, 0.2) is 0 Å². The zero-order chi connectivity index (χ0) is 13.0. The van der Waals surface area contributed by atoms with Crippen molar-refractivity contribution < 1.29 is 19.5 Å². The Labute approximate surface area is 100.0 Å². The topological polar surface area (TPSA) is 86.7 Å². The van der Waals surface area contributed by atoms with Gasteiger partial charge in [-0.2, -0.15) is 0 Å². The van der Waals surface area contributed by atoms with Crippen LogP contribution < -0.4 is 5.32 Å². The average molecular weight is 242 g/mol. The fraction of sp³-hybridized carbons (Fsp3) is 0.727. The summed E-state index contributed by atoms with van der Waals surface area (Å²) in [5.74, 6) is -1.83. The Morgan fingerprint density at radius 3 is 2.65 bits per heavy atom. The van der Waals surface area contributed by atoms with E-state index in [0.29, 0.717) is 19.4 Å². The molecule has 0 aromatic rings. The van der Waals surface area contributed by atoms with Crippen LogP contribution >= 0.6 is 0 Å². The maximum absolute atomic E-state index is 12.0. The number of hydrogen-bond acceptors (Lipinski definition) is 3. The summed E-state index contributed by atoms with van der Waals surface area (Å²) >= 11 is 0. The smallest absolute Gasteiger partial charge is 0.308 e. The molecule has 0 spiro atoms. The zero-order valence-electron chi connectivity index (χ0n) is 10.1. The first-order chi connectivity index (χ1) is 7.95. The second kappa shape index (κ2) is 5.65. The minimum absolute atomic E-state index is 0.120. The van der Waals surface area contributed by atoms with E-state index in [1.54, 1.807) is 13.8 Å². The lowest BCUT2D eigenvalue weighted by Crippen LogP contribution is -2.46. The monoisotopic (exact) mass is 242 g/mol. The third-order valence-electron chi connectivity index (χ3n) is 2.90. The lowest BCUT2D eigenvalue weighted by Gasteiger charge is -2.25. The van der Waals surface area contributed by atoms with E-state index in [4.69, 9.17) is 5.11 Å². The van der Waals surface area contributed by atoms with E-state index in [0.717, 1.165) is 0 Å². The first-order valence-corrected chi connectivity index (χ1v) is 5.76. The number of hydrogen-bond donors (Lipinski definition) is 2. The summed E-state index contributed by atoms with van der Waals surface area (Å²) in [6.45, 7) is 3.98. The fourth-order valence-electron chi connectivity index (χ4n) is 1.80. The van der Waals surface area contributed by atoms with Crippen molar-refractivity contribution in [1.29, 1.82) is 0 Å². The van der Waals surface area contributed by atoms with Crippen molar-refractivity contribution >= 4 is 17.8 Å². The average Bonchev–Trinajstić information content (AvgIpc) is 2.71. The van der Waals surface area contributed by atoms with Gasteiger partial charge in [-0.1, -0.05) is 6.92 Å². The first kappa shape index (κ1) is 13.5. The van der Waals surface area contributed by atoms with Crippen LogP contribution in [0, 0.1) is 5.92 Å². The van der Waals surface area contributed by atoms with E-state index < -0.39 is 17.9 Å². The van der Waals surface area contributed by atoms with Crippen molar-refractivity contribution in [1.82, 2.24) is 10.2 Å². The molecule has 96 valence electrons. The molecule has 6 nitrogen and oxygen atoms in total. The van der Waals surface area contributed by atoms with Crippen LogP contribution in [0.5, 0.6) is 0 Å². The van der Waals surface area contributed by atoms with E-state index in [1.165, 1.54) is 4.90 Å². The minimum Gasteiger partial charge on any atom is -0.481 e. The van der Waals surface area contributed by atoms with Gasteiger partial charge in [-0.3, -0.25) is 14.4 Å². The van der Waals surface area contributed by atoms with E-state index in [9.17, 15) is 14.4 Å². The molecule has 0 radical (unpaired) electrons. The van der Waals surface area contributed by atoms with E-state index >= 15 is 0 Å². The normalized spacial score (nSPS) is 20.8. The number of likely N-dealkylation sites (N-methyl/N-ethyl adjacent to an activating group) is 1. The van der Waals surface area contributed by atoms with Gasteiger partial charge in [0.05, 0.1) is 5.92 Å².